The van der Waals surface area contributed by atoms with Crippen LogP contribution in [0.3, 0.4) is 0 Å². The first-order valence-corrected chi connectivity index (χ1v) is 52.8. The zero-order valence-corrected chi connectivity index (χ0v) is 83.3. The fourth-order valence-corrected chi connectivity index (χ4v) is 22.5. The van der Waals surface area contributed by atoms with Crippen LogP contribution in [0.5, 0.6) is 17.2 Å². The second kappa shape index (κ2) is 56.5. The van der Waals surface area contributed by atoms with Gasteiger partial charge < -0.3 is 52.1 Å². The summed E-state index contributed by atoms with van der Waals surface area (Å²) in [6.07, 6.45) is 29.2. The van der Waals surface area contributed by atoms with E-state index in [1.165, 1.54) is 208 Å². The normalized spacial score (nSPS) is 13.9. The van der Waals surface area contributed by atoms with E-state index in [0.717, 1.165) is 78.1 Å². The summed E-state index contributed by atoms with van der Waals surface area (Å²) in [5.74, 6) is 3.11. The van der Waals surface area contributed by atoms with Gasteiger partial charge in [0.2, 0.25) is 0 Å². The second-order valence-electron chi connectivity index (χ2n) is 34.2. The molecule has 18 nitrogen and oxygen atoms in total. The van der Waals surface area contributed by atoms with Crippen LogP contribution in [0.1, 0.15) is 210 Å². The van der Waals surface area contributed by atoms with E-state index >= 15 is 0 Å². The van der Waals surface area contributed by atoms with Gasteiger partial charge in [0.1, 0.15) is 39.6 Å². The molecule has 0 spiro atoms. The number of ether oxygens (including phenoxy) is 8. The summed E-state index contributed by atoms with van der Waals surface area (Å²) in [4.78, 5) is 35.8. The number of fused-ring (bicyclic) bond motifs is 6. The third-order valence-electron chi connectivity index (χ3n) is 24.2. The van der Waals surface area contributed by atoms with Crippen molar-refractivity contribution in [1.82, 2.24) is 0 Å². The number of benzene rings is 10. The van der Waals surface area contributed by atoms with Gasteiger partial charge in [-0.05, 0) is 258 Å². The average Bonchev–Trinajstić information content (AvgIpc) is 1.60. The molecule has 2 heterocycles. The maximum atomic E-state index is 11.8. The Labute approximate surface area is 811 Å². The van der Waals surface area contributed by atoms with Gasteiger partial charge in [-0.15, -0.1) is 0 Å². The first-order chi connectivity index (χ1) is 65.6. The third-order valence-corrected chi connectivity index (χ3v) is 30.5. The zero-order valence-electron chi connectivity index (χ0n) is 80.1. The molecule has 15 rings (SSSR count). The molecule has 2 atom stereocenters. The monoisotopic (exact) mass is 1920 g/mol. The summed E-state index contributed by atoms with van der Waals surface area (Å²) in [5.41, 5.74) is 7.27. The van der Waals surface area contributed by atoms with Gasteiger partial charge in [-0.1, -0.05) is 257 Å². The molecule has 724 valence electrons. The van der Waals surface area contributed by atoms with Crippen LogP contribution in [-0.4, -0.2) is 113 Å². The van der Waals surface area contributed by atoms with Gasteiger partial charge >= 0.3 is 17.9 Å². The lowest BCUT2D eigenvalue weighted by atomic mass is 9.74. The largest absolute Gasteiger partial charge is 0.748 e. The SMILES string of the molecule is C=C(C)C(=O)OC(CC)(CC)C1CCCCC1.C=C(C)C(=O)OCCCS(=O)(=O)[O-].C=Cc1ccc(OC(C)OCCC2CCCCC2)cc1.C=Cc1ccc(OC(C)OCCOc2ccc(C3CCCCC3)cc2)cc1.C=Cc1ccc(S(=O)(=O)[O-])cc1.CC(=O)OCCc1ccc(-[s+]2c3ccccc3c3ccccc32)cc1.OCCc1ccc(-[s+]2c3ccccc3c3ccccc32)cc1. The molecule has 12 aromatic rings. The van der Waals surface area contributed by atoms with Crippen LogP contribution in [0.2, 0.25) is 0 Å². The Hall–Kier alpha value is -11.2. The van der Waals surface area contributed by atoms with E-state index in [9.17, 15) is 40.3 Å². The predicted octanol–water partition coefficient (Wildman–Crippen LogP) is 27.9. The van der Waals surface area contributed by atoms with Crippen molar-refractivity contribution in [3.05, 3.63) is 320 Å². The number of aliphatic hydroxyl groups excluding tert-OH is 1. The molecule has 136 heavy (non-hydrogen) atoms. The molecular formula is C114H136O18S4. The Balaban J connectivity index is 0.000000181. The summed E-state index contributed by atoms with van der Waals surface area (Å²) >= 11 is 0. The highest BCUT2D eigenvalue weighted by atomic mass is 32.2. The van der Waals surface area contributed by atoms with Gasteiger partial charge in [-0.2, -0.15) is 0 Å². The van der Waals surface area contributed by atoms with E-state index in [0.29, 0.717) is 31.3 Å². The van der Waals surface area contributed by atoms with Crippen molar-refractivity contribution in [1.29, 1.82) is 0 Å². The van der Waals surface area contributed by atoms with Gasteiger partial charge in [-0.3, -0.25) is 4.79 Å². The van der Waals surface area contributed by atoms with Crippen molar-refractivity contribution in [3.8, 4) is 27.0 Å². The first-order valence-electron chi connectivity index (χ1n) is 47.4. The first kappa shape index (κ1) is 109. The Morgan fingerprint density at radius 1 is 0.456 bits per heavy atom. The van der Waals surface area contributed by atoms with Crippen molar-refractivity contribution >= 4 is 118 Å². The van der Waals surface area contributed by atoms with E-state index in [4.69, 9.17) is 38.3 Å². The van der Waals surface area contributed by atoms with Crippen LogP contribution in [0, 0.1) is 11.8 Å². The minimum Gasteiger partial charge on any atom is -0.748 e. The average molecular weight is 1920 g/mol. The molecular weight excluding hydrogens is 1790 g/mol. The van der Waals surface area contributed by atoms with Crippen LogP contribution in [-0.2, 0) is 71.1 Å². The van der Waals surface area contributed by atoms with Crippen LogP contribution < -0.4 is 14.2 Å². The molecule has 3 aliphatic rings. The second-order valence-corrected chi connectivity index (χ2v) is 41.0. The summed E-state index contributed by atoms with van der Waals surface area (Å²) < 4.78 is 111. The maximum Gasteiger partial charge on any atom is 0.333 e. The molecule has 0 saturated heterocycles. The molecule has 3 saturated carbocycles. The molecule has 2 unspecified atom stereocenters. The molecule has 0 amide bonds. The van der Waals surface area contributed by atoms with E-state index in [2.05, 4.69) is 221 Å². The number of esters is 3. The topological polar surface area (TPSA) is 260 Å². The van der Waals surface area contributed by atoms with Crippen molar-refractivity contribution in [2.75, 3.05) is 45.4 Å². The van der Waals surface area contributed by atoms with E-state index < -0.39 is 32.0 Å². The molecule has 0 radical (unpaired) electrons. The van der Waals surface area contributed by atoms with Gasteiger partial charge in [0.15, 0.2) is 41.2 Å². The van der Waals surface area contributed by atoms with Crippen LogP contribution in [0.15, 0.2) is 292 Å². The molecule has 22 heteroatoms. The number of carbonyl (C=O) groups excluding carboxylic acids is 3. The summed E-state index contributed by atoms with van der Waals surface area (Å²) in [6.45, 7) is 33.1. The summed E-state index contributed by atoms with van der Waals surface area (Å²) in [7, 11) is -8.58. The van der Waals surface area contributed by atoms with Crippen LogP contribution in [0.25, 0.3) is 68.4 Å². The van der Waals surface area contributed by atoms with Crippen LogP contribution in [0.4, 0.5) is 0 Å². The van der Waals surface area contributed by atoms with Gasteiger partial charge in [-0.25, -0.2) is 26.4 Å². The molecule has 1 N–H and O–H groups in total. The van der Waals surface area contributed by atoms with Crippen molar-refractivity contribution in [2.45, 2.75) is 212 Å². The van der Waals surface area contributed by atoms with Crippen molar-refractivity contribution in [2.24, 2.45) is 11.8 Å². The van der Waals surface area contributed by atoms with E-state index in [-0.39, 0.29) is 81.2 Å². The molecule has 10 aromatic carbocycles. The lowest BCUT2D eigenvalue weighted by Crippen LogP contribution is -2.42. The number of aliphatic hydroxyl groups is 1. The summed E-state index contributed by atoms with van der Waals surface area (Å²) in [5, 5.41) is 14.5. The van der Waals surface area contributed by atoms with Gasteiger partial charge in [0, 0.05) is 79.3 Å². The predicted molar refractivity (Wildman–Crippen MR) is 556 cm³/mol. The minimum absolute atomic E-state index is 0.0153. The highest BCUT2D eigenvalue weighted by Gasteiger charge is 2.40. The molecule has 0 bridgehead atoms. The number of carbonyl (C=O) groups is 3. The Kier molecular flexibility index (Phi) is 45.1. The quantitative estimate of drug-likeness (QED) is 0.00736. The molecule has 2 aromatic heterocycles. The number of hydrogen-bond acceptors (Lipinski definition) is 18. The van der Waals surface area contributed by atoms with E-state index in [1.54, 1.807) is 13.0 Å². The van der Waals surface area contributed by atoms with E-state index in [1.807, 2.05) is 74.5 Å². The number of rotatable bonds is 35. The fourth-order valence-electron chi connectivity index (χ4n) is 16.8. The number of hydrogen-bond donors (Lipinski definition) is 1. The standard InChI is InChI=1S/C24H30O3.C22H19O2S.C20H17OS.C18H26O2.C15H26O2.C8H8O3S.C7H12O5S/c1-3-20-9-13-24(14-10-20)27-19(2)25-17-18-26-23-15-11-22(12-16-23)21-7-5-4-6-8-21;1-16(23)24-15-14-17-10-12-18(13-11-17)25-21-8-4-2-6-19(21)20-7-3-5-9-22(20)25;21-14-13-15-9-11-16(12-10-15)22-19-7-3-1-5-17(19)18-6-2-4-8-20(18)22;1-3-16-9-11-18(12-10-16)20-15(2)19-14-13-17-7-5-4-6-8-17;1-5-15(6-2,17-14(16)12(3)4)13-10-8-7-9-11-13;1-2-7-3-5-8(6-4-7)12(9,10)11;1-6(2)7(8)12-4-3-5-13(9,10)11/h3,9-16,19,21H,1,4-8,17-18H2,2H3;2-13H,14-15H2,1H3;1-12,21H,13-14H2;3,9-12,15,17H,1,4-8,13-14H2,2H3;13H,3,5-11H2,1-2,4H3;2-6H,1H2,(H,9,10,11);1,3-5H2,2H3,(H,9,10,11)/q;2*+1;;;;/p-2. The lowest BCUT2D eigenvalue weighted by molar-refractivity contribution is -0.164. The van der Waals surface area contributed by atoms with Gasteiger partial charge in [0.05, 0.1) is 41.4 Å². The molecule has 3 fully saturated rings. The summed E-state index contributed by atoms with van der Waals surface area (Å²) in [6, 6.07) is 82.1. The molecule has 0 aliphatic heterocycles. The zero-order chi connectivity index (χ0) is 97.8. The number of thiophene rings is 2. The Morgan fingerprint density at radius 2 is 0.853 bits per heavy atom. The van der Waals surface area contributed by atoms with Crippen molar-refractivity contribution in [3.63, 3.8) is 0 Å². The van der Waals surface area contributed by atoms with Crippen LogP contribution >= 0.6 is 20.9 Å². The van der Waals surface area contributed by atoms with Crippen molar-refractivity contribution < 1.29 is 83.3 Å². The highest BCUT2D eigenvalue weighted by molar-refractivity contribution is 7.86. The fraction of sp³-hybridized carbons (Fsp3) is 0.360. The Bertz CT molecular complexity index is 5870. The Morgan fingerprint density at radius 3 is 1.25 bits per heavy atom. The minimum atomic E-state index is -4.31. The lowest BCUT2D eigenvalue weighted by Gasteiger charge is -2.41. The third kappa shape index (κ3) is 35.1. The highest BCUT2D eigenvalue weighted by Crippen LogP contribution is 2.50. The maximum absolute atomic E-state index is 11.8. The molecule has 3 aliphatic carbocycles. The smallest absolute Gasteiger partial charge is 0.333 e. The van der Waals surface area contributed by atoms with Gasteiger partial charge in [0.25, 0.3) is 0 Å².